The standard InChI is InChI=1S/C24H20ClN3O4/c25-18-8-4-3-7-16(18)12-20(22(29)24(31)32)26-23(30)21-13-19(27-28-21)17-10-9-14-5-1-2-6-15(14)11-17/h1-11,13,20,22,29H,12H2,(H,26,30)(H,27,28)(H,31,32). The smallest absolute Gasteiger partial charge is 0.334 e. The average molecular weight is 450 g/mol. The van der Waals surface area contributed by atoms with E-state index in [1.165, 1.54) is 0 Å². The van der Waals surface area contributed by atoms with E-state index in [0.717, 1.165) is 16.3 Å². The van der Waals surface area contributed by atoms with Gasteiger partial charge in [-0.2, -0.15) is 5.10 Å². The fraction of sp³-hybridized carbons (Fsp3) is 0.125. The molecule has 4 rings (SSSR count). The summed E-state index contributed by atoms with van der Waals surface area (Å²) in [5.74, 6) is -2.02. The number of hydrogen-bond donors (Lipinski definition) is 4. The SMILES string of the molecule is O=C(NC(Cc1ccccc1Cl)C(O)C(=O)O)c1cc(-c2ccc3ccccc3c2)n[nH]1. The van der Waals surface area contributed by atoms with Crippen molar-refractivity contribution >= 4 is 34.2 Å². The number of carbonyl (C=O) groups is 2. The molecule has 0 saturated heterocycles. The Bertz CT molecular complexity index is 1290. The number of halogens is 1. The van der Waals surface area contributed by atoms with Crippen LogP contribution in [0.5, 0.6) is 0 Å². The highest BCUT2D eigenvalue weighted by molar-refractivity contribution is 6.31. The van der Waals surface area contributed by atoms with Gasteiger partial charge in [-0.25, -0.2) is 4.79 Å². The van der Waals surface area contributed by atoms with Gasteiger partial charge in [0.05, 0.1) is 11.7 Å². The normalized spacial score (nSPS) is 12.9. The Hall–Kier alpha value is -3.68. The van der Waals surface area contributed by atoms with E-state index in [9.17, 15) is 19.8 Å². The maximum atomic E-state index is 12.8. The third-order valence-corrected chi connectivity index (χ3v) is 5.58. The number of aliphatic hydroxyl groups is 1. The van der Waals surface area contributed by atoms with Crippen molar-refractivity contribution in [3.8, 4) is 11.3 Å². The van der Waals surface area contributed by atoms with Crippen molar-refractivity contribution in [2.24, 2.45) is 0 Å². The van der Waals surface area contributed by atoms with Crippen LogP contribution in [-0.2, 0) is 11.2 Å². The molecule has 1 aromatic heterocycles. The highest BCUT2D eigenvalue weighted by atomic mass is 35.5. The molecular weight excluding hydrogens is 430 g/mol. The van der Waals surface area contributed by atoms with E-state index >= 15 is 0 Å². The Balaban J connectivity index is 1.55. The van der Waals surface area contributed by atoms with Crippen LogP contribution in [0.15, 0.2) is 72.8 Å². The summed E-state index contributed by atoms with van der Waals surface area (Å²) in [5.41, 5.74) is 2.16. The van der Waals surface area contributed by atoms with Gasteiger partial charge in [0.15, 0.2) is 6.10 Å². The molecule has 4 N–H and O–H groups in total. The summed E-state index contributed by atoms with van der Waals surface area (Å²) < 4.78 is 0. The van der Waals surface area contributed by atoms with Crippen molar-refractivity contribution in [2.45, 2.75) is 18.6 Å². The molecule has 0 aliphatic carbocycles. The summed E-state index contributed by atoms with van der Waals surface area (Å²) in [6.07, 6.45) is -1.76. The lowest BCUT2D eigenvalue weighted by molar-refractivity contribution is -0.148. The largest absolute Gasteiger partial charge is 0.479 e. The molecule has 7 nitrogen and oxygen atoms in total. The van der Waals surface area contributed by atoms with Gasteiger partial charge in [-0.05, 0) is 41.0 Å². The van der Waals surface area contributed by atoms with Crippen molar-refractivity contribution in [2.75, 3.05) is 0 Å². The predicted molar refractivity (Wildman–Crippen MR) is 122 cm³/mol. The molecule has 1 amide bonds. The second kappa shape index (κ2) is 9.21. The second-order valence-corrected chi connectivity index (χ2v) is 7.79. The average Bonchev–Trinajstić information content (AvgIpc) is 3.29. The number of aliphatic hydroxyl groups excluding tert-OH is 1. The Labute approximate surface area is 188 Å². The number of amides is 1. The van der Waals surface area contributed by atoms with Gasteiger partial charge in [0.25, 0.3) is 5.91 Å². The van der Waals surface area contributed by atoms with E-state index < -0.39 is 24.0 Å². The molecule has 0 saturated carbocycles. The van der Waals surface area contributed by atoms with Crippen LogP contribution in [-0.4, -0.2) is 44.4 Å². The van der Waals surface area contributed by atoms with Gasteiger partial charge in [-0.3, -0.25) is 9.89 Å². The number of aromatic nitrogens is 2. The number of carboxylic acids is 1. The van der Waals surface area contributed by atoms with Crippen LogP contribution in [0, 0.1) is 0 Å². The molecule has 0 spiro atoms. The minimum Gasteiger partial charge on any atom is -0.479 e. The van der Waals surface area contributed by atoms with E-state index in [4.69, 9.17) is 11.6 Å². The minimum atomic E-state index is -1.81. The summed E-state index contributed by atoms with van der Waals surface area (Å²) in [4.78, 5) is 24.2. The highest BCUT2D eigenvalue weighted by Gasteiger charge is 2.29. The Morgan fingerprint density at radius 2 is 1.72 bits per heavy atom. The zero-order chi connectivity index (χ0) is 22.7. The van der Waals surface area contributed by atoms with Crippen molar-refractivity contribution in [3.63, 3.8) is 0 Å². The fourth-order valence-electron chi connectivity index (χ4n) is 3.50. The first-order chi connectivity index (χ1) is 15.4. The molecule has 0 bridgehead atoms. The van der Waals surface area contributed by atoms with E-state index in [1.807, 2.05) is 42.5 Å². The number of aliphatic carboxylic acids is 1. The number of carbonyl (C=O) groups excluding carboxylic acids is 1. The van der Waals surface area contributed by atoms with Crippen molar-refractivity contribution < 1.29 is 19.8 Å². The maximum absolute atomic E-state index is 12.8. The quantitative estimate of drug-likeness (QED) is 0.343. The van der Waals surface area contributed by atoms with E-state index in [1.54, 1.807) is 30.3 Å². The number of nitrogens with one attached hydrogen (secondary N) is 2. The lowest BCUT2D eigenvalue weighted by Crippen LogP contribution is -2.48. The molecule has 2 atom stereocenters. The van der Waals surface area contributed by atoms with Crippen LogP contribution in [0.4, 0.5) is 0 Å². The fourth-order valence-corrected chi connectivity index (χ4v) is 3.71. The van der Waals surface area contributed by atoms with Crippen LogP contribution < -0.4 is 5.32 Å². The molecule has 0 fully saturated rings. The zero-order valence-corrected chi connectivity index (χ0v) is 17.6. The van der Waals surface area contributed by atoms with Crippen LogP contribution in [0.3, 0.4) is 0 Å². The number of H-pyrrole nitrogens is 1. The lowest BCUT2D eigenvalue weighted by atomic mass is 10.0. The number of aromatic amines is 1. The maximum Gasteiger partial charge on any atom is 0.334 e. The molecule has 8 heteroatoms. The Kier molecular flexibility index (Phi) is 6.20. The first-order valence-corrected chi connectivity index (χ1v) is 10.3. The first kappa shape index (κ1) is 21.5. The third-order valence-electron chi connectivity index (χ3n) is 5.22. The summed E-state index contributed by atoms with van der Waals surface area (Å²) in [6.45, 7) is 0. The monoisotopic (exact) mass is 449 g/mol. The van der Waals surface area contributed by atoms with Gasteiger partial charge in [-0.1, -0.05) is 66.2 Å². The molecule has 0 aliphatic heterocycles. The number of carboxylic acid groups (broad SMARTS) is 1. The number of fused-ring (bicyclic) bond motifs is 1. The molecular formula is C24H20ClN3O4. The van der Waals surface area contributed by atoms with Crippen molar-refractivity contribution in [3.05, 3.63) is 89.1 Å². The van der Waals surface area contributed by atoms with E-state index in [2.05, 4.69) is 15.5 Å². The van der Waals surface area contributed by atoms with E-state index in [0.29, 0.717) is 16.3 Å². The first-order valence-electron chi connectivity index (χ1n) is 9.92. The number of benzene rings is 3. The topological polar surface area (TPSA) is 115 Å². The number of rotatable bonds is 7. The second-order valence-electron chi connectivity index (χ2n) is 7.39. The van der Waals surface area contributed by atoms with Crippen LogP contribution in [0.1, 0.15) is 16.1 Å². The predicted octanol–water partition coefficient (Wildman–Crippen LogP) is 3.67. The molecule has 0 aliphatic rings. The summed E-state index contributed by atoms with van der Waals surface area (Å²) in [6, 6.07) is 21.1. The molecule has 0 radical (unpaired) electrons. The summed E-state index contributed by atoms with van der Waals surface area (Å²) >= 11 is 6.16. The lowest BCUT2D eigenvalue weighted by Gasteiger charge is -2.21. The van der Waals surface area contributed by atoms with Crippen LogP contribution in [0.2, 0.25) is 5.02 Å². The van der Waals surface area contributed by atoms with Crippen molar-refractivity contribution in [1.82, 2.24) is 15.5 Å². The zero-order valence-electron chi connectivity index (χ0n) is 16.8. The minimum absolute atomic E-state index is 0.0462. The van der Waals surface area contributed by atoms with Gasteiger partial charge < -0.3 is 15.5 Å². The third kappa shape index (κ3) is 4.64. The van der Waals surface area contributed by atoms with Crippen molar-refractivity contribution in [1.29, 1.82) is 0 Å². The van der Waals surface area contributed by atoms with Gasteiger partial charge in [0.2, 0.25) is 0 Å². The highest BCUT2D eigenvalue weighted by Crippen LogP contribution is 2.24. The van der Waals surface area contributed by atoms with Gasteiger partial charge in [-0.15, -0.1) is 0 Å². The van der Waals surface area contributed by atoms with Gasteiger partial charge in [0, 0.05) is 10.6 Å². The summed E-state index contributed by atoms with van der Waals surface area (Å²) in [5, 5.41) is 31.4. The Morgan fingerprint density at radius 3 is 2.47 bits per heavy atom. The van der Waals surface area contributed by atoms with E-state index in [-0.39, 0.29) is 12.1 Å². The molecule has 1 heterocycles. The van der Waals surface area contributed by atoms with Crippen LogP contribution in [0.25, 0.3) is 22.0 Å². The molecule has 3 aromatic carbocycles. The molecule has 162 valence electrons. The molecule has 4 aromatic rings. The molecule has 32 heavy (non-hydrogen) atoms. The Morgan fingerprint density at radius 1 is 1.00 bits per heavy atom. The molecule has 2 unspecified atom stereocenters. The summed E-state index contributed by atoms with van der Waals surface area (Å²) in [7, 11) is 0. The van der Waals surface area contributed by atoms with Gasteiger partial charge >= 0.3 is 5.97 Å². The number of hydrogen-bond acceptors (Lipinski definition) is 4. The van der Waals surface area contributed by atoms with Crippen LogP contribution >= 0.6 is 11.6 Å². The number of nitrogens with zero attached hydrogens (tertiary/aromatic N) is 1. The van der Waals surface area contributed by atoms with Gasteiger partial charge in [0.1, 0.15) is 5.69 Å².